The highest BCUT2D eigenvalue weighted by Crippen LogP contribution is 2.29. The van der Waals surface area contributed by atoms with E-state index in [0.29, 0.717) is 6.61 Å². The van der Waals surface area contributed by atoms with Crippen LogP contribution in [0.2, 0.25) is 0 Å². The molecule has 1 saturated heterocycles. The summed E-state index contributed by atoms with van der Waals surface area (Å²) in [4.78, 5) is -0.0417. The van der Waals surface area contributed by atoms with Gasteiger partial charge in [-0.1, -0.05) is 12.1 Å². The van der Waals surface area contributed by atoms with E-state index in [1.807, 2.05) is 0 Å². The second kappa shape index (κ2) is 8.03. The van der Waals surface area contributed by atoms with Gasteiger partial charge < -0.3 is 10.1 Å². The average Bonchev–Trinajstić information content (AvgIpc) is 2.53. The second-order valence-corrected chi connectivity index (χ2v) is 8.21. The first-order valence-electron chi connectivity index (χ1n) is 8.01. The lowest BCUT2D eigenvalue weighted by Gasteiger charge is -2.37. The molecule has 0 unspecified atom stereocenters. The van der Waals surface area contributed by atoms with Crippen LogP contribution in [0, 0.1) is 5.41 Å². The average molecular weight is 380 g/mol. The highest BCUT2D eigenvalue weighted by molar-refractivity contribution is 7.89. The molecule has 0 saturated carbocycles. The third kappa shape index (κ3) is 5.95. The van der Waals surface area contributed by atoms with Gasteiger partial charge in [0.2, 0.25) is 10.0 Å². The summed E-state index contributed by atoms with van der Waals surface area (Å²) in [6.07, 6.45) is -3.83. The molecule has 1 aliphatic heterocycles. The largest absolute Gasteiger partial charge is 0.393 e. The Morgan fingerprint density at radius 1 is 1.20 bits per heavy atom. The first kappa shape index (κ1) is 20.2. The molecule has 0 aromatic heterocycles. The van der Waals surface area contributed by atoms with Crippen LogP contribution in [0.4, 0.5) is 13.2 Å². The first-order chi connectivity index (χ1) is 11.7. The van der Waals surface area contributed by atoms with Crippen molar-refractivity contribution in [3.05, 3.63) is 29.8 Å². The van der Waals surface area contributed by atoms with Gasteiger partial charge in [0.25, 0.3) is 0 Å². The van der Waals surface area contributed by atoms with Crippen molar-refractivity contribution in [1.82, 2.24) is 10.0 Å². The lowest BCUT2D eigenvalue weighted by molar-refractivity contribution is -0.127. The van der Waals surface area contributed by atoms with Crippen LogP contribution < -0.4 is 10.0 Å². The third-order valence-electron chi connectivity index (χ3n) is 4.39. The Morgan fingerprint density at radius 3 is 2.32 bits per heavy atom. The molecular weight excluding hydrogens is 357 g/mol. The molecule has 25 heavy (non-hydrogen) atoms. The maximum absolute atomic E-state index is 12.4. The Bertz CT molecular complexity index is 649. The number of sulfonamides is 1. The molecule has 142 valence electrons. The van der Waals surface area contributed by atoms with Crippen LogP contribution >= 0.6 is 0 Å². The van der Waals surface area contributed by atoms with E-state index in [0.717, 1.165) is 25.9 Å². The normalized spacial score (nSPS) is 18.2. The number of methoxy groups -OCH3 is 1. The maximum atomic E-state index is 12.4. The standard InChI is InChI=1S/C16H23F3N2O3S/c1-24-12-15(6-8-20-9-7-15)11-21-25(22,23)14-4-2-13(3-5-14)10-16(17,18)19/h2-5,20-21H,6-12H2,1H3. The second-order valence-electron chi connectivity index (χ2n) is 6.44. The zero-order chi connectivity index (χ0) is 18.6. The Morgan fingerprint density at radius 2 is 1.80 bits per heavy atom. The molecule has 0 spiro atoms. The number of hydrogen-bond donors (Lipinski definition) is 2. The Labute approximate surface area is 146 Å². The fraction of sp³-hybridized carbons (Fsp3) is 0.625. The number of piperidine rings is 1. The smallest absolute Gasteiger partial charge is 0.384 e. The number of benzene rings is 1. The summed E-state index contributed by atoms with van der Waals surface area (Å²) >= 11 is 0. The van der Waals surface area contributed by atoms with Gasteiger partial charge in [-0.15, -0.1) is 0 Å². The van der Waals surface area contributed by atoms with Crippen LogP contribution in [-0.4, -0.2) is 47.9 Å². The summed E-state index contributed by atoms with van der Waals surface area (Å²) in [7, 11) is -2.20. The molecule has 1 fully saturated rings. The molecule has 1 heterocycles. The number of rotatable bonds is 7. The Kier molecular flexibility index (Phi) is 6.47. The quantitative estimate of drug-likeness (QED) is 0.760. The molecule has 0 aliphatic carbocycles. The Hall–Kier alpha value is -1.16. The SMILES string of the molecule is COCC1(CNS(=O)(=O)c2ccc(CC(F)(F)F)cc2)CCNCC1. The van der Waals surface area contributed by atoms with Crippen molar-refractivity contribution in [3.63, 3.8) is 0 Å². The van der Waals surface area contributed by atoms with E-state index < -0.39 is 22.6 Å². The van der Waals surface area contributed by atoms with E-state index in [2.05, 4.69) is 10.0 Å². The minimum atomic E-state index is -4.32. The molecular formula is C16H23F3N2O3S. The van der Waals surface area contributed by atoms with Crippen LogP contribution in [0.15, 0.2) is 29.2 Å². The number of ether oxygens (including phenoxy) is 1. The van der Waals surface area contributed by atoms with Crippen LogP contribution in [0.5, 0.6) is 0 Å². The molecule has 0 amide bonds. The van der Waals surface area contributed by atoms with Gasteiger partial charge in [-0.05, 0) is 43.6 Å². The maximum Gasteiger partial charge on any atom is 0.393 e. The number of hydrogen-bond acceptors (Lipinski definition) is 4. The highest BCUT2D eigenvalue weighted by atomic mass is 32.2. The minimum absolute atomic E-state index is 0.0284. The molecule has 1 aromatic carbocycles. The number of alkyl halides is 3. The van der Waals surface area contributed by atoms with Crippen LogP contribution in [0.25, 0.3) is 0 Å². The molecule has 2 rings (SSSR count). The van der Waals surface area contributed by atoms with E-state index in [-0.39, 0.29) is 22.4 Å². The van der Waals surface area contributed by atoms with Gasteiger partial charge in [-0.2, -0.15) is 13.2 Å². The molecule has 2 N–H and O–H groups in total. The minimum Gasteiger partial charge on any atom is -0.384 e. The van der Waals surface area contributed by atoms with Gasteiger partial charge in [0.15, 0.2) is 0 Å². The van der Waals surface area contributed by atoms with Crippen molar-refractivity contribution in [2.24, 2.45) is 5.41 Å². The predicted octanol–water partition coefficient (Wildman–Crippen LogP) is 2.09. The lowest BCUT2D eigenvalue weighted by Crippen LogP contribution is -2.47. The molecule has 0 atom stereocenters. The van der Waals surface area contributed by atoms with Gasteiger partial charge in [0.05, 0.1) is 17.9 Å². The van der Waals surface area contributed by atoms with Crippen LogP contribution in [-0.2, 0) is 21.2 Å². The Balaban J connectivity index is 2.05. The van der Waals surface area contributed by atoms with E-state index in [1.165, 1.54) is 24.3 Å². The summed E-state index contributed by atoms with van der Waals surface area (Å²) in [5.41, 5.74) is -0.246. The van der Waals surface area contributed by atoms with E-state index in [1.54, 1.807) is 7.11 Å². The van der Waals surface area contributed by atoms with E-state index in [4.69, 9.17) is 4.74 Å². The van der Waals surface area contributed by atoms with E-state index in [9.17, 15) is 21.6 Å². The summed E-state index contributed by atoms with van der Waals surface area (Å²) in [5.74, 6) is 0. The van der Waals surface area contributed by atoms with Crippen molar-refractivity contribution in [2.75, 3.05) is 33.4 Å². The van der Waals surface area contributed by atoms with Gasteiger partial charge in [0, 0.05) is 19.1 Å². The molecule has 0 bridgehead atoms. The molecule has 1 aliphatic rings. The molecule has 5 nitrogen and oxygen atoms in total. The fourth-order valence-corrected chi connectivity index (χ4v) is 4.14. The topological polar surface area (TPSA) is 67.4 Å². The number of nitrogens with one attached hydrogen (secondary N) is 2. The summed E-state index contributed by atoms with van der Waals surface area (Å²) in [6.45, 7) is 2.26. The summed E-state index contributed by atoms with van der Waals surface area (Å²) < 4.78 is 69.8. The summed E-state index contributed by atoms with van der Waals surface area (Å²) in [6, 6.07) is 4.79. The van der Waals surface area contributed by atoms with Crippen molar-refractivity contribution in [2.45, 2.75) is 30.3 Å². The van der Waals surface area contributed by atoms with Gasteiger partial charge >= 0.3 is 6.18 Å². The molecule has 1 aromatic rings. The highest BCUT2D eigenvalue weighted by Gasteiger charge is 2.33. The van der Waals surface area contributed by atoms with Gasteiger partial charge in [0.1, 0.15) is 0 Å². The number of halogens is 3. The van der Waals surface area contributed by atoms with Crippen LogP contribution in [0.1, 0.15) is 18.4 Å². The van der Waals surface area contributed by atoms with Gasteiger partial charge in [-0.3, -0.25) is 0 Å². The van der Waals surface area contributed by atoms with Gasteiger partial charge in [-0.25, -0.2) is 13.1 Å². The third-order valence-corrected chi connectivity index (χ3v) is 5.81. The van der Waals surface area contributed by atoms with Crippen molar-refractivity contribution in [1.29, 1.82) is 0 Å². The zero-order valence-electron chi connectivity index (χ0n) is 14.0. The molecule has 9 heteroatoms. The lowest BCUT2D eigenvalue weighted by atomic mass is 9.80. The summed E-state index contributed by atoms with van der Waals surface area (Å²) in [5, 5.41) is 3.23. The van der Waals surface area contributed by atoms with Crippen molar-refractivity contribution < 1.29 is 26.3 Å². The first-order valence-corrected chi connectivity index (χ1v) is 9.49. The van der Waals surface area contributed by atoms with Crippen molar-refractivity contribution in [3.8, 4) is 0 Å². The predicted molar refractivity (Wildman–Crippen MR) is 87.8 cm³/mol. The van der Waals surface area contributed by atoms with Crippen LogP contribution in [0.3, 0.4) is 0 Å². The molecule has 0 radical (unpaired) electrons. The zero-order valence-corrected chi connectivity index (χ0v) is 14.8. The van der Waals surface area contributed by atoms with Crippen molar-refractivity contribution >= 4 is 10.0 Å². The van der Waals surface area contributed by atoms with E-state index >= 15 is 0 Å². The fourth-order valence-electron chi connectivity index (χ4n) is 2.98. The monoisotopic (exact) mass is 380 g/mol.